The molecule has 1 heterocycles. The average molecular weight is 293 g/mol. The Hall–Kier alpha value is -1.69. The van der Waals surface area contributed by atoms with Crippen LogP contribution in [-0.2, 0) is 0 Å². The third-order valence-electron chi connectivity index (χ3n) is 3.27. The fourth-order valence-corrected chi connectivity index (χ4v) is 2.02. The Kier molecular flexibility index (Phi) is 7.08. The van der Waals surface area contributed by atoms with Crippen LogP contribution in [0, 0.1) is 0 Å². The Morgan fingerprint density at radius 3 is 2.67 bits per heavy atom. The molecule has 0 aliphatic heterocycles. The maximum atomic E-state index is 12.2. The molecule has 0 saturated carbocycles. The first kappa shape index (κ1) is 17.4. The SMILES string of the molecule is CCCN(CC)CCNC(=O)c1nc(C(C)C)ncc1N. The highest BCUT2D eigenvalue weighted by Crippen LogP contribution is 2.13. The predicted octanol–water partition coefficient (Wildman–Crippen LogP) is 1.64. The van der Waals surface area contributed by atoms with Gasteiger partial charge in [0.25, 0.3) is 5.91 Å². The van der Waals surface area contributed by atoms with Gasteiger partial charge >= 0.3 is 0 Å². The van der Waals surface area contributed by atoms with Gasteiger partial charge in [0.05, 0.1) is 11.9 Å². The summed E-state index contributed by atoms with van der Waals surface area (Å²) in [5.74, 6) is 0.567. The monoisotopic (exact) mass is 293 g/mol. The van der Waals surface area contributed by atoms with Crippen LogP contribution in [0.2, 0.25) is 0 Å². The van der Waals surface area contributed by atoms with E-state index < -0.39 is 0 Å². The van der Waals surface area contributed by atoms with Crippen molar-refractivity contribution in [1.82, 2.24) is 20.2 Å². The summed E-state index contributed by atoms with van der Waals surface area (Å²) in [6.45, 7) is 11.7. The number of hydrogen-bond donors (Lipinski definition) is 2. The molecular formula is C15H27N5O. The van der Waals surface area contributed by atoms with Gasteiger partial charge in [0.2, 0.25) is 0 Å². The fraction of sp³-hybridized carbons (Fsp3) is 0.667. The molecule has 6 nitrogen and oxygen atoms in total. The van der Waals surface area contributed by atoms with Crippen LogP contribution in [0.1, 0.15) is 56.3 Å². The number of carbonyl (C=O) groups excluding carboxylic acids is 1. The Labute approximate surface area is 127 Å². The van der Waals surface area contributed by atoms with E-state index in [1.54, 1.807) is 0 Å². The number of likely N-dealkylation sites (N-methyl/N-ethyl adjacent to an activating group) is 1. The maximum Gasteiger partial charge on any atom is 0.272 e. The summed E-state index contributed by atoms with van der Waals surface area (Å²) < 4.78 is 0. The summed E-state index contributed by atoms with van der Waals surface area (Å²) in [5, 5.41) is 2.88. The van der Waals surface area contributed by atoms with Gasteiger partial charge in [-0.25, -0.2) is 9.97 Å². The molecule has 0 saturated heterocycles. The molecule has 21 heavy (non-hydrogen) atoms. The molecule has 0 fully saturated rings. The van der Waals surface area contributed by atoms with Crippen LogP contribution < -0.4 is 11.1 Å². The number of nitrogens with zero attached hydrogens (tertiary/aromatic N) is 3. The smallest absolute Gasteiger partial charge is 0.272 e. The third-order valence-corrected chi connectivity index (χ3v) is 3.27. The van der Waals surface area contributed by atoms with Gasteiger partial charge in [-0.05, 0) is 19.5 Å². The van der Waals surface area contributed by atoms with Crippen molar-refractivity contribution in [3.63, 3.8) is 0 Å². The molecule has 0 aliphatic carbocycles. The average Bonchev–Trinajstić information content (AvgIpc) is 2.46. The summed E-state index contributed by atoms with van der Waals surface area (Å²) in [6.07, 6.45) is 2.62. The van der Waals surface area contributed by atoms with Gasteiger partial charge in [0, 0.05) is 19.0 Å². The second-order valence-electron chi connectivity index (χ2n) is 5.38. The molecule has 0 radical (unpaired) electrons. The van der Waals surface area contributed by atoms with Crippen molar-refractivity contribution < 1.29 is 4.79 Å². The Morgan fingerprint density at radius 1 is 1.38 bits per heavy atom. The predicted molar refractivity (Wildman–Crippen MR) is 85.3 cm³/mol. The summed E-state index contributed by atoms with van der Waals surface area (Å²) in [5.41, 5.74) is 6.39. The molecule has 0 aromatic carbocycles. The number of hydrogen-bond acceptors (Lipinski definition) is 5. The minimum absolute atomic E-state index is 0.164. The van der Waals surface area contributed by atoms with Crippen molar-refractivity contribution in [2.45, 2.75) is 40.0 Å². The number of nitrogens with one attached hydrogen (secondary N) is 1. The van der Waals surface area contributed by atoms with E-state index >= 15 is 0 Å². The van der Waals surface area contributed by atoms with Gasteiger partial charge < -0.3 is 16.0 Å². The standard InChI is InChI=1S/C15H27N5O/c1-5-8-20(6-2)9-7-17-15(21)13-12(16)10-18-14(19-13)11(3)4/h10-11H,5-9,16H2,1-4H3,(H,17,21). The van der Waals surface area contributed by atoms with E-state index in [4.69, 9.17) is 5.73 Å². The Balaban J connectivity index is 2.61. The van der Waals surface area contributed by atoms with Crippen LogP contribution in [0.5, 0.6) is 0 Å². The summed E-state index contributed by atoms with van der Waals surface area (Å²) >= 11 is 0. The number of nitrogens with two attached hydrogens (primary N) is 1. The fourth-order valence-electron chi connectivity index (χ4n) is 2.02. The van der Waals surface area contributed by atoms with E-state index in [9.17, 15) is 4.79 Å². The Morgan fingerprint density at radius 2 is 2.10 bits per heavy atom. The van der Waals surface area contributed by atoms with E-state index in [1.165, 1.54) is 6.20 Å². The number of nitrogen functional groups attached to an aromatic ring is 1. The minimum Gasteiger partial charge on any atom is -0.396 e. The second-order valence-corrected chi connectivity index (χ2v) is 5.38. The second kappa shape index (κ2) is 8.56. The molecule has 0 spiro atoms. The molecule has 118 valence electrons. The number of amides is 1. The van der Waals surface area contributed by atoms with Gasteiger partial charge in [-0.15, -0.1) is 0 Å². The van der Waals surface area contributed by atoms with Crippen LogP contribution in [0.4, 0.5) is 5.69 Å². The molecule has 1 amide bonds. The molecule has 0 unspecified atom stereocenters. The molecule has 6 heteroatoms. The van der Waals surface area contributed by atoms with E-state index in [0.29, 0.717) is 18.1 Å². The van der Waals surface area contributed by atoms with Gasteiger partial charge in [-0.3, -0.25) is 4.79 Å². The molecule has 0 atom stereocenters. The molecule has 3 N–H and O–H groups in total. The molecular weight excluding hydrogens is 266 g/mol. The minimum atomic E-state index is -0.232. The quantitative estimate of drug-likeness (QED) is 0.761. The first-order valence-corrected chi connectivity index (χ1v) is 7.62. The molecule has 0 aliphatic rings. The van der Waals surface area contributed by atoms with Crippen molar-refractivity contribution in [2.24, 2.45) is 0 Å². The highest BCUT2D eigenvalue weighted by molar-refractivity contribution is 5.96. The maximum absolute atomic E-state index is 12.2. The lowest BCUT2D eigenvalue weighted by Crippen LogP contribution is -2.36. The molecule has 1 aromatic rings. The van der Waals surface area contributed by atoms with Crippen molar-refractivity contribution in [3.05, 3.63) is 17.7 Å². The summed E-state index contributed by atoms with van der Waals surface area (Å²) in [7, 11) is 0. The largest absolute Gasteiger partial charge is 0.396 e. The zero-order valence-electron chi connectivity index (χ0n) is 13.5. The van der Waals surface area contributed by atoms with E-state index in [-0.39, 0.29) is 17.5 Å². The van der Waals surface area contributed by atoms with Crippen LogP contribution in [0.25, 0.3) is 0 Å². The number of anilines is 1. The lowest BCUT2D eigenvalue weighted by Gasteiger charge is -2.19. The van der Waals surface area contributed by atoms with Gasteiger partial charge in [0.15, 0.2) is 5.69 Å². The number of carbonyl (C=O) groups is 1. The van der Waals surface area contributed by atoms with Gasteiger partial charge in [-0.1, -0.05) is 27.7 Å². The van der Waals surface area contributed by atoms with Gasteiger partial charge in [0.1, 0.15) is 5.82 Å². The normalized spacial score (nSPS) is 11.1. The van der Waals surface area contributed by atoms with Crippen molar-refractivity contribution in [3.8, 4) is 0 Å². The molecule has 1 aromatic heterocycles. The van der Waals surface area contributed by atoms with Gasteiger partial charge in [-0.2, -0.15) is 0 Å². The highest BCUT2D eigenvalue weighted by atomic mass is 16.1. The van der Waals surface area contributed by atoms with Crippen LogP contribution in [0.3, 0.4) is 0 Å². The number of aromatic nitrogens is 2. The van der Waals surface area contributed by atoms with Crippen molar-refractivity contribution in [1.29, 1.82) is 0 Å². The van der Waals surface area contributed by atoms with Crippen LogP contribution >= 0.6 is 0 Å². The van der Waals surface area contributed by atoms with Crippen molar-refractivity contribution >= 4 is 11.6 Å². The first-order valence-electron chi connectivity index (χ1n) is 7.62. The van der Waals surface area contributed by atoms with E-state index in [2.05, 4.69) is 34.0 Å². The van der Waals surface area contributed by atoms with Crippen LogP contribution in [-0.4, -0.2) is 47.0 Å². The number of rotatable bonds is 8. The van der Waals surface area contributed by atoms with E-state index in [0.717, 1.165) is 26.1 Å². The lowest BCUT2D eigenvalue weighted by atomic mass is 10.2. The van der Waals surface area contributed by atoms with Crippen molar-refractivity contribution in [2.75, 3.05) is 31.9 Å². The Bertz CT molecular complexity index is 461. The summed E-state index contributed by atoms with van der Waals surface area (Å²) in [6, 6.07) is 0. The highest BCUT2D eigenvalue weighted by Gasteiger charge is 2.14. The zero-order valence-corrected chi connectivity index (χ0v) is 13.5. The van der Waals surface area contributed by atoms with E-state index in [1.807, 2.05) is 13.8 Å². The first-order chi connectivity index (χ1) is 9.99. The zero-order chi connectivity index (χ0) is 15.8. The topological polar surface area (TPSA) is 84.1 Å². The lowest BCUT2D eigenvalue weighted by molar-refractivity contribution is 0.0944. The molecule has 0 bridgehead atoms. The van der Waals surface area contributed by atoms with Crippen LogP contribution in [0.15, 0.2) is 6.20 Å². The molecule has 1 rings (SSSR count). The summed E-state index contributed by atoms with van der Waals surface area (Å²) in [4.78, 5) is 22.9. The third kappa shape index (κ3) is 5.30.